The maximum Gasteiger partial charge on any atom is 0.128 e. The number of methoxy groups -OCH3 is 1. The molecule has 17 heavy (non-hydrogen) atoms. The highest BCUT2D eigenvalue weighted by Gasteiger charge is 2.15. The standard InChI is InChI=1S/C13H16N2OS/c1-8(14)13-15-12(9(2)17-13)10-6-4-5-7-11(10)16-3/h4-8H,14H2,1-3H3. The van der Waals surface area contributed by atoms with E-state index in [9.17, 15) is 0 Å². The molecule has 1 aromatic heterocycles. The number of aromatic nitrogens is 1. The van der Waals surface area contributed by atoms with Gasteiger partial charge in [-0.1, -0.05) is 12.1 Å². The second kappa shape index (κ2) is 4.85. The van der Waals surface area contributed by atoms with Crippen LogP contribution in [-0.2, 0) is 0 Å². The molecule has 0 spiro atoms. The molecule has 3 nitrogen and oxygen atoms in total. The molecule has 0 fully saturated rings. The number of benzene rings is 1. The number of nitrogens with two attached hydrogens (primary N) is 1. The second-order valence-electron chi connectivity index (χ2n) is 3.95. The minimum atomic E-state index is -0.0258. The maximum atomic E-state index is 5.86. The average Bonchev–Trinajstić information content (AvgIpc) is 2.71. The number of rotatable bonds is 3. The zero-order chi connectivity index (χ0) is 12.4. The normalized spacial score (nSPS) is 12.5. The van der Waals surface area contributed by atoms with Crippen molar-refractivity contribution in [3.8, 4) is 17.0 Å². The summed E-state index contributed by atoms with van der Waals surface area (Å²) in [6.07, 6.45) is 0. The van der Waals surface area contributed by atoms with Crippen LogP contribution in [0.2, 0.25) is 0 Å². The van der Waals surface area contributed by atoms with Crippen LogP contribution in [0.4, 0.5) is 0 Å². The first-order valence-corrected chi connectivity index (χ1v) is 6.31. The van der Waals surface area contributed by atoms with Gasteiger partial charge in [-0.05, 0) is 26.0 Å². The lowest BCUT2D eigenvalue weighted by atomic mass is 10.1. The lowest BCUT2D eigenvalue weighted by molar-refractivity contribution is 0.416. The third-order valence-corrected chi connectivity index (χ3v) is 3.74. The fourth-order valence-electron chi connectivity index (χ4n) is 1.70. The Bertz CT molecular complexity index is 520. The number of para-hydroxylation sites is 1. The van der Waals surface area contributed by atoms with Crippen LogP contribution in [-0.4, -0.2) is 12.1 Å². The summed E-state index contributed by atoms with van der Waals surface area (Å²) in [5.41, 5.74) is 7.86. The molecule has 90 valence electrons. The first kappa shape index (κ1) is 12.1. The lowest BCUT2D eigenvalue weighted by Crippen LogP contribution is -2.03. The zero-order valence-electron chi connectivity index (χ0n) is 10.2. The lowest BCUT2D eigenvalue weighted by Gasteiger charge is -2.06. The molecule has 0 saturated heterocycles. The highest BCUT2D eigenvalue weighted by atomic mass is 32.1. The van der Waals surface area contributed by atoms with E-state index in [0.29, 0.717) is 0 Å². The van der Waals surface area contributed by atoms with Crippen molar-refractivity contribution in [3.63, 3.8) is 0 Å². The van der Waals surface area contributed by atoms with Crippen LogP contribution in [0.5, 0.6) is 5.75 Å². The molecule has 0 amide bonds. The Kier molecular flexibility index (Phi) is 3.45. The molecule has 2 rings (SSSR count). The van der Waals surface area contributed by atoms with E-state index < -0.39 is 0 Å². The number of ether oxygens (including phenoxy) is 1. The maximum absolute atomic E-state index is 5.86. The van der Waals surface area contributed by atoms with E-state index in [1.807, 2.05) is 31.2 Å². The van der Waals surface area contributed by atoms with E-state index in [-0.39, 0.29) is 6.04 Å². The molecule has 0 aliphatic heterocycles. The first-order valence-electron chi connectivity index (χ1n) is 5.49. The van der Waals surface area contributed by atoms with E-state index in [1.54, 1.807) is 18.4 Å². The van der Waals surface area contributed by atoms with Crippen molar-refractivity contribution >= 4 is 11.3 Å². The van der Waals surface area contributed by atoms with Gasteiger partial charge in [0.2, 0.25) is 0 Å². The van der Waals surface area contributed by atoms with Gasteiger partial charge in [0.25, 0.3) is 0 Å². The van der Waals surface area contributed by atoms with E-state index >= 15 is 0 Å². The molecule has 0 saturated carbocycles. The molecule has 1 aromatic carbocycles. The van der Waals surface area contributed by atoms with Crippen LogP contribution in [0.1, 0.15) is 22.9 Å². The third-order valence-electron chi connectivity index (χ3n) is 2.56. The summed E-state index contributed by atoms with van der Waals surface area (Å²) in [6.45, 7) is 4.01. The highest BCUT2D eigenvalue weighted by molar-refractivity contribution is 7.12. The fraction of sp³-hybridized carbons (Fsp3) is 0.308. The molecule has 0 bridgehead atoms. The van der Waals surface area contributed by atoms with Crippen molar-refractivity contribution in [1.82, 2.24) is 4.98 Å². The van der Waals surface area contributed by atoms with Crippen molar-refractivity contribution in [2.75, 3.05) is 7.11 Å². The van der Waals surface area contributed by atoms with Crippen LogP contribution in [0, 0.1) is 6.92 Å². The first-order chi connectivity index (χ1) is 8.13. The van der Waals surface area contributed by atoms with Gasteiger partial charge >= 0.3 is 0 Å². The van der Waals surface area contributed by atoms with Crippen LogP contribution < -0.4 is 10.5 Å². The minimum absolute atomic E-state index is 0.0258. The Labute approximate surface area is 105 Å². The predicted octanol–water partition coefficient (Wildman–Crippen LogP) is 3.15. The molecule has 4 heteroatoms. The fourth-order valence-corrected chi connectivity index (χ4v) is 2.59. The SMILES string of the molecule is COc1ccccc1-c1nc(C(C)N)sc1C. The van der Waals surface area contributed by atoms with Crippen molar-refractivity contribution in [2.24, 2.45) is 5.73 Å². The summed E-state index contributed by atoms with van der Waals surface area (Å²) >= 11 is 1.64. The zero-order valence-corrected chi connectivity index (χ0v) is 11.0. The van der Waals surface area contributed by atoms with E-state index in [1.165, 1.54) is 4.88 Å². The Hall–Kier alpha value is -1.39. The summed E-state index contributed by atoms with van der Waals surface area (Å²) in [6, 6.07) is 7.88. The topological polar surface area (TPSA) is 48.1 Å². The van der Waals surface area contributed by atoms with Gasteiger partial charge in [-0.2, -0.15) is 0 Å². The number of hydrogen-bond acceptors (Lipinski definition) is 4. The van der Waals surface area contributed by atoms with Crippen molar-refractivity contribution in [1.29, 1.82) is 0 Å². The Morgan fingerprint density at radius 1 is 1.35 bits per heavy atom. The molecule has 0 aliphatic rings. The van der Waals surface area contributed by atoms with Gasteiger partial charge in [0, 0.05) is 10.4 Å². The summed E-state index contributed by atoms with van der Waals surface area (Å²) in [5, 5.41) is 0.961. The molecule has 1 atom stereocenters. The van der Waals surface area contributed by atoms with Gasteiger partial charge in [-0.25, -0.2) is 4.98 Å². The number of nitrogens with zero attached hydrogens (tertiary/aromatic N) is 1. The van der Waals surface area contributed by atoms with Crippen LogP contribution in [0.15, 0.2) is 24.3 Å². The largest absolute Gasteiger partial charge is 0.496 e. The Morgan fingerprint density at radius 2 is 2.06 bits per heavy atom. The summed E-state index contributed by atoms with van der Waals surface area (Å²) in [7, 11) is 1.67. The Balaban J connectivity index is 2.52. The molecular formula is C13H16N2OS. The molecule has 1 unspecified atom stereocenters. The summed E-state index contributed by atoms with van der Waals surface area (Å²) in [4.78, 5) is 5.77. The second-order valence-corrected chi connectivity index (χ2v) is 5.18. The minimum Gasteiger partial charge on any atom is -0.496 e. The third kappa shape index (κ3) is 2.33. The van der Waals surface area contributed by atoms with Gasteiger partial charge in [0.05, 0.1) is 18.8 Å². The number of thiazole rings is 1. The summed E-state index contributed by atoms with van der Waals surface area (Å²) in [5.74, 6) is 0.845. The van der Waals surface area contributed by atoms with Gasteiger partial charge in [0.15, 0.2) is 0 Å². The number of hydrogen-bond donors (Lipinski definition) is 1. The predicted molar refractivity (Wildman–Crippen MR) is 71.4 cm³/mol. The molecule has 1 heterocycles. The van der Waals surface area contributed by atoms with E-state index in [2.05, 4.69) is 11.9 Å². The van der Waals surface area contributed by atoms with Crippen LogP contribution in [0.3, 0.4) is 0 Å². The molecule has 2 N–H and O–H groups in total. The Morgan fingerprint density at radius 3 is 2.65 bits per heavy atom. The average molecular weight is 248 g/mol. The molecule has 2 aromatic rings. The van der Waals surface area contributed by atoms with Crippen LogP contribution >= 0.6 is 11.3 Å². The molecule has 0 aliphatic carbocycles. The van der Waals surface area contributed by atoms with Crippen molar-refractivity contribution < 1.29 is 4.74 Å². The smallest absolute Gasteiger partial charge is 0.128 e. The van der Waals surface area contributed by atoms with Gasteiger partial charge in [-0.15, -0.1) is 11.3 Å². The highest BCUT2D eigenvalue weighted by Crippen LogP contribution is 2.34. The van der Waals surface area contributed by atoms with Gasteiger partial charge in [-0.3, -0.25) is 0 Å². The van der Waals surface area contributed by atoms with E-state index in [4.69, 9.17) is 10.5 Å². The van der Waals surface area contributed by atoms with Gasteiger partial charge in [0.1, 0.15) is 10.8 Å². The summed E-state index contributed by atoms with van der Waals surface area (Å²) < 4.78 is 5.36. The molecule has 0 radical (unpaired) electrons. The van der Waals surface area contributed by atoms with Crippen molar-refractivity contribution in [3.05, 3.63) is 34.2 Å². The molecular weight excluding hydrogens is 232 g/mol. The number of aryl methyl sites for hydroxylation is 1. The van der Waals surface area contributed by atoms with Crippen LogP contribution in [0.25, 0.3) is 11.3 Å². The van der Waals surface area contributed by atoms with Crippen molar-refractivity contribution in [2.45, 2.75) is 19.9 Å². The quantitative estimate of drug-likeness (QED) is 0.907. The van der Waals surface area contributed by atoms with Gasteiger partial charge < -0.3 is 10.5 Å². The monoisotopic (exact) mass is 248 g/mol. The van der Waals surface area contributed by atoms with E-state index in [0.717, 1.165) is 22.0 Å².